The third-order valence-electron chi connectivity index (χ3n) is 3.17. The SMILES string of the molecule is CN(C(=O)c1cccnc1Br)C1COCC1C(=O)O. The minimum absolute atomic E-state index is 0.131. The van der Waals surface area contributed by atoms with Crippen molar-refractivity contribution in [2.24, 2.45) is 5.92 Å². The Balaban J connectivity index is 2.20. The number of ether oxygens (including phenoxy) is 1. The fraction of sp³-hybridized carbons (Fsp3) is 0.417. The first-order valence-corrected chi connectivity index (χ1v) is 6.50. The number of hydrogen-bond donors (Lipinski definition) is 1. The van der Waals surface area contributed by atoms with E-state index >= 15 is 0 Å². The molecule has 19 heavy (non-hydrogen) atoms. The maximum atomic E-state index is 12.3. The van der Waals surface area contributed by atoms with Gasteiger partial charge in [0.1, 0.15) is 10.5 Å². The molecule has 1 N–H and O–H groups in total. The molecule has 102 valence electrons. The normalized spacial score (nSPS) is 22.2. The molecule has 2 heterocycles. The van der Waals surface area contributed by atoms with E-state index in [1.54, 1.807) is 25.4 Å². The summed E-state index contributed by atoms with van der Waals surface area (Å²) in [5, 5.41) is 9.10. The zero-order valence-electron chi connectivity index (χ0n) is 10.2. The van der Waals surface area contributed by atoms with E-state index in [9.17, 15) is 9.59 Å². The van der Waals surface area contributed by atoms with E-state index in [0.29, 0.717) is 10.2 Å². The Morgan fingerprint density at radius 2 is 2.26 bits per heavy atom. The number of aliphatic carboxylic acids is 1. The highest BCUT2D eigenvalue weighted by atomic mass is 79.9. The fourth-order valence-electron chi connectivity index (χ4n) is 2.05. The average Bonchev–Trinajstić information content (AvgIpc) is 2.87. The van der Waals surface area contributed by atoms with Crippen LogP contribution in [0.25, 0.3) is 0 Å². The number of nitrogens with zero attached hydrogens (tertiary/aromatic N) is 2. The van der Waals surface area contributed by atoms with E-state index in [-0.39, 0.29) is 19.1 Å². The van der Waals surface area contributed by atoms with Crippen molar-refractivity contribution in [1.82, 2.24) is 9.88 Å². The molecule has 1 fully saturated rings. The quantitative estimate of drug-likeness (QED) is 0.838. The lowest BCUT2D eigenvalue weighted by Crippen LogP contribution is -2.44. The lowest BCUT2D eigenvalue weighted by atomic mass is 10.0. The Bertz CT molecular complexity index is 508. The van der Waals surface area contributed by atoms with Crippen LogP contribution < -0.4 is 0 Å². The molecule has 1 aliphatic rings. The van der Waals surface area contributed by atoms with Gasteiger partial charge in [-0.25, -0.2) is 4.98 Å². The van der Waals surface area contributed by atoms with Gasteiger partial charge in [-0.05, 0) is 28.1 Å². The molecule has 7 heteroatoms. The van der Waals surface area contributed by atoms with E-state index in [1.165, 1.54) is 4.90 Å². The van der Waals surface area contributed by atoms with Gasteiger partial charge >= 0.3 is 5.97 Å². The molecule has 0 radical (unpaired) electrons. The average molecular weight is 329 g/mol. The molecule has 1 aromatic rings. The molecule has 1 amide bonds. The van der Waals surface area contributed by atoms with Gasteiger partial charge in [-0.3, -0.25) is 9.59 Å². The van der Waals surface area contributed by atoms with Crippen LogP contribution in [0.1, 0.15) is 10.4 Å². The number of carboxylic acids is 1. The summed E-state index contributed by atoms with van der Waals surface area (Å²) in [4.78, 5) is 28.8. The molecule has 0 bridgehead atoms. The number of carbonyl (C=O) groups excluding carboxylic acids is 1. The number of halogens is 1. The Labute approximate surface area is 118 Å². The minimum Gasteiger partial charge on any atom is -0.481 e. The van der Waals surface area contributed by atoms with Crippen LogP contribution in [0.3, 0.4) is 0 Å². The van der Waals surface area contributed by atoms with Gasteiger partial charge in [-0.15, -0.1) is 0 Å². The predicted molar refractivity (Wildman–Crippen MR) is 69.8 cm³/mol. The maximum Gasteiger partial charge on any atom is 0.311 e. The number of amides is 1. The second-order valence-corrected chi connectivity index (χ2v) is 5.06. The zero-order valence-corrected chi connectivity index (χ0v) is 11.8. The third kappa shape index (κ3) is 2.76. The van der Waals surface area contributed by atoms with Gasteiger partial charge < -0.3 is 14.7 Å². The number of hydrogen-bond acceptors (Lipinski definition) is 4. The summed E-state index contributed by atoms with van der Waals surface area (Å²) in [6.45, 7) is 0.364. The van der Waals surface area contributed by atoms with Gasteiger partial charge in [0.2, 0.25) is 0 Å². The van der Waals surface area contributed by atoms with E-state index < -0.39 is 17.9 Å². The number of aromatic nitrogens is 1. The molecule has 0 aliphatic carbocycles. The van der Waals surface area contributed by atoms with Crippen molar-refractivity contribution in [3.05, 3.63) is 28.5 Å². The molecule has 0 aromatic carbocycles. The van der Waals surface area contributed by atoms with Crippen LogP contribution in [0.4, 0.5) is 0 Å². The van der Waals surface area contributed by atoms with Crippen LogP contribution in [0.15, 0.2) is 22.9 Å². The fourth-order valence-corrected chi connectivity index (χ4v) is 2.47. The summed E-state index contributed by atoms with van der Waals surface area (Å²) in [6, 6.07) is 2.84. The highest BCUT2D eigenvalue weighted by molar-refractivity contribution is 9.10. The predicted octanol–water partition coefficient (Wildman–Crippen LogP) is 1.02. The maximum absolute atomic E-state index is 12.3. The Kier molecular flexibility index (Phi) is 4.16. The van der Waals surface area contributed by atoms with Gasteiger partial charge in [0.15, 0.2) is 0 Å². The van der Waals surface area contributed by atoms with Gasteiger partial charge in [0.05, 0.1) is 24.8 Å². The number of carboxylic acid groups (broad SMARTS) is 1. The van der Waals surface area contributed by atoms with E-state index in [4.69, 9.17) is 9.84 Å². The first-order valence-electron chi connectivity index (χ1n) is 5.70. The Morgan fingerprint density at radius 3 is 2.89 bits per heavy atom. The van der Waals surface area contributed by atoms with Crippen molar-refractivity contribution in [3.63, 3.8) is 0 Å². The first kappa shape index (κ1) is 14.0. The van der Waals surface area contributed by atoms with Crippen molar-refractivity contribution in [2.75, 3.05) is 20.3 Å². The second-order valence-electron chi connectivity index (χ2n) is 4.31. The smallest absolute Gasteiger partial charge is 0.311 e. The summed E-state index contributed by atoms with van der Waals surface area (Å²) < 4.78 is 5.61. The molecule has 2 unspecified atom stereocenters. The van der Waals surface area contributed by atoms with Crippen molar-refractivity contribution in [1.29, 1.82) is 0 Å². The van der Waals surface area contributed by atoms with Gasteiger partial charge in [0.25, 0.3) is 5.91 Å². The molecule has 2 atom stereocenters. The van der Waals surface area contributed by atoms with Crippen LogP contribution in [0.5, 0.6) is 0 Å². The van der Waals surface area contributed by atoms with E-state index in [0.717, 1.165) is 0 Å². The summed E-state index contributed by atoms with van der Waals surface area (Å²) in [7, 11) is 1.58. The molecule has 1 saturated heterocycles. The van der Waals surface area contributed by atoms with Crippen LogP contribution in [0, 0.1) is 5.92 Å². The van der Waals surface area contributed by atoms with E-state index in [2.05, 4.69) is 20.9 Å². The summed E-state index contributed by atoms with van der Waals surface area (Å²) in [5.41, 5.74) is 0.404. The topological polar surface area (TPSA) is 79.7 Å². The molecule has 0 saturated carbocycles. The molecule has 1 aliphatic heterocycles. The summed E-state index contributed by atoms with van der Waals surface area (Å²) >= 11 is 3.21. The molecular weight excluding hydrogens is 316 g/mol. The summed E-state index contributed by atoms with van der Waals surface area (Å²) in [6.07, 6.45) is 1.57. The summed E-state index contributed by atoms with van der Waals surface area (Å²) in [5.74, 6) is -1.92. The van der Waals surface area contributed by atoms with Crippen molar-refractivity contribution in [2.45, 2.75) is 6.04 Å². The molecule has 1 aromatic heterocycles. The third-order valence-corrected chi connectivity index (χ3v) is 3.81. The highest BCUT2D eigenvalue weighted by Gasteiger charge is 2.38. The van der Waals surface area contributed by atoms with Crippen molar-refractivity contribution < 1.29 is 19.4 Å². The number of pyridine rings is 1. The van der Waals surface area contributed by atoms with Crippen molar-refractivity contribution in [3.8, 4) is 0 Å². The second kappa shape index (κ2) is 5.66. The number of rotatable bonds is 3. The standard InChI is InChI=1S/C12H13BrN2O4/c1-15(9-6-19-5-8(9)12(17)18)11(16)7-3-2-4-14-10(7)13/h2-4,8-9H,5-6H2,1H3,(H,17,18). The van der Waals surface area contributed by atoms with E-state index in [1.807, 2.05) is 0 Å². The number of likely N-dealkylation sites (N-methyl/N-ethyl adjacent to an activating group) is 1. The first-order chi connectivity index (χ1) is 9.02. The van der Waals surface area contributed by atoms with Crippen molar-refractivity contribution >= 4 is 27.8 Å². The lowest BCUT2D eigenvalue weighted by molar-refractivity contribution is -0.142. The molecule has 2 rings (SSSR count). The van der Waals surface area contributed by atoms with Crippen LogP contribution in [0.2, 0.25) is 0 Å². The Morgan fingerprint density at radius 1 is 1.53 bits per heavy atom. The van der Waals surface area contributed by atoms with Gasteiger partial charge in [-0.1, -0.05) is 0 Å². The number of carbonyl (C=O) groups is 2. The zero-order chi connectivity index (χ0) is 14.0. The minimum atomic E-state index is -0.951. The van der Waals surface area contributed by atoms with Crippen LogP contribution >= 0.6 is 15.9 Å². The van der Waals surface area contributed by atoms with Crippen LogP contribution in [-0.2, 0) is 9.53 Å². The largest absolute Gasteiger partial charge is 0.481 e. The Hall–Kier alpha value is -1.47. The van der Waals surface area contributed by atoms with Crippen LogP contribution in [-0.4, -0.2) is 53.2 Å². The molecular formula is C12H13BrN2O4. The monoisotopic (exact) mass is 328 g/mol. The lowest BCUT2D eigenvalue weighted by Gasteiger charge is -2.26. The van der Waals surface area contributed by atoms with Gasteiger partial charge in [0, 0.05) is 13.2 Å². The molecule has 6 nitrogen and oxygen atoms in total. The highest BCUT2D eigenvalue weighted by Crippen LogP contribution is 2.22. The van der Waals surface area contributed by atoms with Gasteiger partial charge in [-0.2, -0.15) is 0 Å². The molecule has 0 spiro atoms.